The lowest BCUT2D eigenvalue weighted by Crippen LogP contribution is -2.50. The summed E-state index contributed by atoms with van der Waals surface area (Å²) in [6.07, 6.45) is -0.121. The molecule has 0 aromatic heterocycles. The summed E-state index contributed by atoms with van der Waals surface area (Å²) in [5.74, 6) is -9.01. The van der Waals surface area contributed by atoms with E-state index in [0.717, 1.165) is 0 Å². The van der Waals surface area contributed by atoms with Gasteiger partial charge in [-0.25, -0.2) is 17.6 Å². The number of aryl methyl sites for hydroxylation is 1. The summed E-state index contributed by atoms with van der Waals surface area (Å²) < 4.78 is 69.2. The van der Waals surface area contributed by atoms with Crippen molar-refractivity contribution in [2.24, 2.45) is 0 Å². The average Bonchev–Trinajstić information content (AvgIpc) is 2.72. The van der Waals surface area contributed by atoms with Crippen LogP contribution in [0.1, 0.15) is 58.4 Å². The molecule has 0 bridgehead atoms. The van der Waals surface area contributed by atoms with E-state index in [4.69, 9.17) is 13.3 Å². The maximum atomic E-state index is 13.8. The normalized spacial score (nSPS) is 11.2. The highest BCUT2D eigenvalue weighted by atomic mass is 28.4. The van der Waals surface area contributed by atoms with Crippen LogP contribution in [-0.4, -0.2) is 26.7 Å². The Labute approximate surface area is 172 Å². The first-order valence-corrected chi connectivity index (χ1v) is 11.5. The molecule has 0 radical (unpaired) electrons. The number of carbonyl (C=O) groups excluding carboxylic acids is 3. The minimum Gasteiger partial charge on any atom is -0.455 e. The number of hydrogen-bond donors (Lipinski definition) is 0. The van der Waals surface area contributed by atoms with Gasteiger partial charge >= 0.3 is 8.80 Å². The van der Waals surface area contributed by atoms with Crippen molar-refractivity contribution in [2.75, 3.05) is 0 Å². The number of unbranched alkanes of at least 4 members (excludes halogenated alkanes) is 1. The van der Waals surface area contributed by atoms with E-state index in [-0.39, 0.29) is 50.1 Å². The molecular formula is C19H24F4O6Si. The first kappa shape index (κ1) is 25.6. The Balaban J connectivity index is 2.96. The van der Waals surface area contributed by atoms with Crippen molar-refractivity contribution >= 4 is 26.7 Å². The van der Waals surface area contributed by atoms with E-state index in [1.54, 1.807) is 0 Å². The number of rotatable bonds is 11. The highest BCUT2D eigenvalue weighted by molar-refractivity contribution is 6.65. The third-order valence-electron chi connectivity index (χ3n) is 4.03. The topological polar surface area (TPSA) is 78.9 Å². The largest absolute Gasteiger partial charge is 0.705 e. The molecule has 0 saturated carbocycles. The second kappa shape index (κ2) is 11.7. The molecule has 11 heteroatoms. The smallest absolute Gasteiger partial charge is 0.455 e. The molecule has 0 unspecified atom stereocenters. The van der Waals surface area contributed by atoms with E-state index in [1.165, 1.54) is 20.8 Å². The molecular weight excluding hydrogens is 428 g/mol. The Morgan fingerprint density at radius 2 is 1.23 bits per heavy atom. The maximum absolute atomic E-state index is 13.8. The van der Waals surface area contributed by atoms with Gasteiger partial charge in [0.25, 0.3) is 17.9 Å². The highest BCUT2D eigenvalue weighted by Crippen LogP contribution is 2.24. The van der Waals surface area contributed by atoms with Gasteiger partial charge in [-0.15, -0.1) is 0 Å². The van der Waals surface area contributed by atoms with Gasteiger partial charge in [0.05, 0.1) is 6.04 Å². The van der Waals surface area contributed by atoms with Crippen molar-refractivity contribution in [2.45, 2.75) is 65.3 Å². The summed E-state index contributed by atoms with van der Waals surface area (Å²) in [4.78, 5) is 35.5. The monoisotopic (exact) mass is 452 g/mol. The number of benzene rings is 1. The molecule has 0 fully saturated rings. The Hall–Kier alpha value is -2.43. The van der Waals surface area contributed by atoms with E-state index < -0.39 is 50.0 Å². The van der Waals surface area contributed by atoms with Gasteiger partial charge in [-0.05, 0) is 30.9 Å². The summed E-state index contributed by atoms with van der Waals surface area (Å²) in [5, 5.41) is 0. The fourth-order valence-electron chi connectivity index (χ4n) is 2.41. The Kier molecular flexibility index (Phi) is 9.96. The molecule has 0 aliphatic heterocycles. The zero-order valence-electron chi connectivity index (χ0n) is 17.0. The van der Waals surface area contributed by atoms with Crippen LogP contribution < -0.4 is 0 Å². The number of hydrogen-bond acceptors (Lipinski definition) is 6. The van der Waals surface area contributed by atoms with Gasteiger partial charge in [0.1, 0.15) is 0 Å². The fourth-order valence-corrected chi connectivity index (χ4v) is 5.00. The van der Waals surface area contributed by atoms with E-state index in [9.17, 15) is 31.9 Å². The van der Waals surface area contributed by atoms with Crippen LogP contribution in [0.5, 0.6) is 0 Å². The third-order valence-corrected chi connectivity index (χ3v) is 6.61. The molecule has 0 heterocycles. The SMILES string of the molecule is CCC(=O)O[Si](CCCCc1cc(F)c(F)c(F)c1F)(OC(=O)CC)OC(=O)CC. The predicted molar refractivity (Wildman–Crippen MR) is 98.9 cm³/mol. The molecule has 0 spiro atoms. The highest BCUT2D eigenvalue weighted by Gasteiger charge is 2.52. The lowest BCUT2D eigenvalue weighted by molar-refractivity contribution is -0.150. The van der Waals surface area contributed by atoms with Crippen LogP contribution >= 0.6 is 0 Å². The summed E-state index contributed by atoms with van der Waals surface area (Å²) in [5.41, 5.74) is -0.375. The van der Waals surface area contributed by atoms with Crippen molar-refractivity contribution < 1.29 is 45.2 Å². The number of halogens is 4. The van der Waals surface area contributed by atoms with Gasteiger partial charge in [-0.2, -0.15) is 0 Å². The molecule has 0 aliphatic carbocycles. The minimum absolute atomic E-state index is 0.0541. The van der Waals surface area contributed by atoms with Crippen molar-refractivity contribution in [3.63, 3.8) is 0 Å². The van der Waals surface area contributed by atoms with Crippen LogP contribution in [0.4, 0.5) is 17.6 Å². The second-order valence-electron chi connectivity index (χ2n) is 6.33. The van der Waals surface area contributed by atoms with Gasteiger partial charge in [0.2, 0.25) is 0 Å². The fraction of sp³-hybridized carbons (Fsp3) is 0.526. The van der Waals surface area contributed by atoms with Crippen molar-refractivity contribution in [1.82, 2.24) is 0 Å². The lowest BCUT2D eigenvalue weighted by atomic mass is 10.1. The first-order valence-electron chi connectivity index (χ1n) is 9.56. The van der Waals surface area contributed by atoms with Crippen molar-refractivity contribution in [1.29, 1.82) is 0 Å². The molecule has 0 saturated heterocycles. The predicted octanol–water partition coefficient (Wildman–Crippen LogP) is 4.36. The zero-order valence-corrected chi connectivity index (χ0v) is 18.0. The van der Waals surface area contributed by atoms with Crippen LogP contribution in [0.3, 0.4) is 0 Å². The number of carbonyl (C=O) groups is 3. The van der Waals surface area contributed by atoms with Gasteiger partial charge in [0.15, 0.2) is 23.3 Å². The molecule has 168 valence electrons. The molecule has 1 aromatic rings. The first-order chi connectivity index (χ1) is 14.1. The second-order valence-corrected chi connectivity index (χ2v) is 8.81. The van der Waals surface area contributed by atoms with E-state index >= 15 is 0 Å². The Morgan fingerprint density at radius 3 is 1.67 bits per heavy atom. The Bertz CT molecular complexity index is 741. The van der Waals surface area contributed by atoms with E-state index in [1.807, 2.05) is 0 Å². The van der Waals surface area contributed by atoms with E-state index in [0.29, 0.717) is 6.07 Å². The van der Waals surface area contributed by atoms with Gasteiger partial charge in [0, 0.05) is 19.3 Å². The molecule has 30 heavy (non-hydrogen) atoms. The average molecular weight is 452 g/mol. The van der Waals surface area contributed by atoms with Gasteiger partial charge in [-0.1, -0.05) is 20.8 Å². The minimum atomic E-state index is -4.08. The zero-order chi connectivity index (χ0) is 22.9. The van der Waals surface area contributed by atoms with Crippen LogP contribution in [0.15, 0.2) is 6.07 Å². The summed E-state index contributed by atoms with van der Waals surface area (Å²) in [6, 6.07) is 0.410. The Morgan fingerprint density at radius 1 is 0.767 bits per heavy atom. The van der Waals surface area contributed by atoms with Crippen LogP contribution in [-0.2, 0) is 34.1 Å². The van der Waals surface area contributed by atoms with Crippen molar-refractivity contribution in [3.8, 4) is 0 Å². The van der Waals surface area contributed by atoms with Gasteiger partial charge < -0.3 is 13.3 Å². The maximum Gasteiger partial charge on any atom is 0.705 e. The standard InChI is InChI=1S/C19H24F4O6Si/c1-4-14(24)27-30(28-15(25)5-2,29-16(26)6-3)10-8-7-9-12-11-13(20)18(22)19(23)17(12)21/h11H,4-10H2,1-3H3. The molecule has 0 N–H and O–H groups in total. The molecule has 0 aliphatic rings. The van der Waals surface area contributed by atoms with E-state index in [2.05, 4.69) is 0 Å². The van der Waals surface area contributed by atoms with Crippen LogP contribution in [0.2, 0.25) is 6.04 Å². The quantitative estimate of drug-likeness (QED) is 0.163. The molecule has 0 atom stereocenters. The summed E-state index contributed by atoms with van der Waals surface area (Å²) in [7, 11) is -4.08. The molecule has 1 aromatic carbocycles. The molecule has 1 rings (SSSR count). The summed E-state index contributed by atoms with van der Waals surface area (Å²) in [6.45, 7) is 4.52. The van der Waals surface area contributed by atoms with Gasteiger partial charge in [-0.3, -0.25) is 14.4 Å². The van der Waals surface area contributed by atoms with Crippen molar-refractivity contribution in [3.05, 3.63) is 34.9 Å². The molecule has 0 amide bonds. The summed E-state index contributed by atoms with van der Waals surface area (Å²) >= 11 is 0. The molecule has 6 nitrogen and oxygen atoms in total. The van der Waals surface area contributed by atoms with Crippen LogP contribution in [0, 0.1) is 23.3 Å². The van der Waals surface area contributed by atoms with Crippen LogP contribution in [0.25, 0.3) is 0 Å². The lowest BCUT2D eigenvalue weighted by Gasteiger charge is -2.27. The third kappa shape index (κ3) is 7.12.